The number of halogens is 2. The molecule has 0 spiro atoms. The molecule has 1 N–H and O–H groups in total. The Morgan fingerprint density at radius 2 is 2.11 bits per heavy atom. The van der Waals surface area contributed by atoms with Crippen molar-refractivity contribution in [3.05, 3.63) is 47.0 Å². The van der Waals surface area contributed by atoms with E-state index in [1.807, 2.05) is 6.92 Å². The molecule has 1 atom stereocenters. The van der Waals surface area contributed by atoms with Crippen molar-refractivity contribution in [3.8, 4) is 0 Å². The van der Waals surface area contributed by atoms with Crippen LogP contribution in [0.25, 0.3) is 0 Å². The maximum atomic E-state index is 13.9. The van der Waals surface area contributed by atoms with Crippen molar-refractivity contribution in [3.63, 3.8) is 0 Å². The Hall–Kier alpha value is -1.22. The Morgan fingerprint density at radius 3 is 2.79 bits per heavy atom. The van der Waals surface area contributed by atoms with E-state index in [4.69, 9.17) is 0 Å². The van der Waals surface area contributed by atoms with Crippen LogP contribution in [0, 0.1) is 11.6 Å². The highest BCUT2D eigenvalue weighted by molar-refractivity contribution is 5.24. The highest BCUT2D eigenvalue weighted by Gasteiger charge is 2.19. The molecule has 104 valence electrons. The number of nitrogens with one attached hydrogen (secondary N) is 1. The van der Waals surface area contributed by atoms with E-state index in [0.717, 1.165) is 25.8 Å². The minimum atomic E-state index is -0.766. The van der Waals surface area contributed by atoms with Gasteiger partial charge in [0.2, 0.25) is 0 Å². The topological polar surface area (TPSA) is 12.0 Å². The quantitative estimate of drug-likeness (QED) is 0.773. The summed E-state index contributed by atoms with van der Waals surface area (Å²) in [5.41, 5.74) is 1.80. The first-order valence-corrected chi connectivity index (χ1v) is 7.07. The van der Waals surface area contributed by atoms with Gasteiger partial charge in [0.25, 0.3) is 0 Å². The lowest BCUT2D eigenvalue weighted by Gasteiger charge is -2.22. The van der Waals surface area contributed by atoms with Crippen LogP contribution >= 0.6 is 0 Å². The van der Waals surface area contributed by atoms with Crippen molar-refractivity contribution in [2.75, 3.05) is 6.54 Å². The molecule has 0 saturated carbocycles. The van der Waals surface area contributed by atoms with Gasteiger partial charge in [0.15, 0.2) is 11.6 Å². The summed E-state index contributed by atoms with van der Waals surface area (Å²) in [6.07, 6.45) is 7.66. The zero-order valence-electron chi connectivity index (χ0n) is 11.4. The number of hydrogen-bond acceptors (Lipinski definition) is 1. The first-order valence-electron chi connectivity index (χ1n) is 7.07. The average molecular weight is 265 g/mol. The predicted molar refractivity (Wildman–Crippen MR) is 73.9 cm³/mol. The summed E-state index contributed by atoms with van der Waals surface area (Å²) in [5, 5.41) is 3.27. The second-order valence-electron chi connectivity index (χ2n) is 5.07. The second kappa shape index (κ2) is 6.80. The van der Waals surface area contributed by atoms with Gasteiger partial charge in [-0.3, -0.25) is 0 Å². The van der Waals surface area contributed by atoms with Gasteiger partial charge in [-0.25, -0.2) is 8.78 Å². The normalized spacial score (nSPS) is 17.1. The summed E-state index contributed by atoms with van der Waals surface area (Å²) in [6, 6.07) is 4.29. The molecule has 3 heteroatoms. The third-order valence-corrected chi connectivity index (χ3v) is 3.66. The monoisotopic (exact) mass is 265 g/mol. The molecule has 0 saturated heterocycles. The number of benzene rings is 1. The molecule has 0 aliphatic heterocycles. The SMILES string of the molecule is CCNC(CC1=CCCCC1)c1cccc(F)c1F. The van der Waals surface area contributed by atoms with Gasteiger partial charge in [-0.1, -0.05) is 30.7 Å². The van der Waals surface area contributed by atoms with Gasteiger partial charge in [0.1, 0.15) is 0 Å². The van der Waals surface area contributed by atoms with E-state index >= 15 is 0 Å². The van der Waals surface area contributed by atoms with Crippen LogP contribution in [-0.2, 0) is 0 Å². The Kier molecular flexibility index (Phi) is 5.08. The lowest BCUT2D eigenvalue weighted by atomic mass is 9.91. The van der Waals surface area contributed by atoms with Crippen LogP contribution in [0.5, 0.6) is 0 Å². The van der Waals surface area contributed by atoms with Crippen molar-refractivity contribution >= 4 is 0 Å². The van der Waals surface area contributed by atoms with Gasteiger partial charge >= 0.3 is 0 Å². The third kappa shape index (κ3) is 3.63. The molecular weight excluding hydrogens is 244 g/mol. The van der Waals surface area contributed by atoms with E-state index in [9.17, 15) is 8.78 Å². The van der Waals surface area contributed by atoms with Gasteiger partial charge in [-0.15, -0.1) is 0 Å². The van der Waals surface area contributed by atoms with Gasteiger partial charge < -0.3 is 5.32 Å². The lowest BCUT2D eigenvalue weighted by Crippen LogP contribution is -2.23. The summed E-state index contributed by atoms with van der Waals surface area (Å²) in [6.45, 7) is 2.73. The van der Waals surface area contributed by atoms with Gasteiger partial charge in [0, 0.05) is 11.6 Å². The van der Waals surface area contributed by atoms with Crippen LogP contribution in [0.15, 0.2) is 29.8 Å². The zero-order chi connectivity index (χ0) is 13.7. The summed E-state index contributed by atoms with van der Waals surface area (Å²) in [7, 11) is 0. The summed E-state index contributed by atoms with van der Waals surface area (Å²) in [4.78, 5) is 0. The van der Waals surface area contributed by atoms with Crippen LogP contribution in [0.2, 0.25) is 0 Å². The first-order chi connectivity index (χ1) is 9.22. The van der Waals surface area contributed by atoms with Crippen LogP contribution < -0.4 is 5.32 Å². The molecule has 1 aliphatic carbocycles. The largest absolute Gasteiger partial charge is 0.310 e. The highest BCUT2D eigenvalue weighted by atomic mass is 19.2. The molecule has 1 aliphatic rings. The smallest absolute Gasteiger partial charge is 0.163 e. The molecule has 0 fully saturated rings. The maximum Gasteiger partial charge on any atom is 0.163 e. The highest BCUT2D eigenvalue weighted by Crippen LogP contribution is 2.29. The molecule has 1 aromatic rings. The minimum Gasteiger partial charge on any atom is -0.310 e. The van der Waals surface area contributed by atoms with Crippen LogP contribution in [0.4, 0.5) is 8.78 Å². The molecule has 1 nitrogen and oxygen atoms in total. The van der Waals surface area contributed by atoms with E-state index in [2.05, 4.69) is 11.4 Å². The van der Waals surface area contributed by atoms with E-state index in [-0.39, 0.29) is 6.04 Å². The molecule has 1 unspecified atom stereocenters. The number of rotatable bonds is 5. The lowest BCUT2D eigenvalue weighted by molar-refractivity contribution is 0.459. The fourth-order valence-electron chi connectivity index (χ4n) is 2.68. The van der Waals surface area contributed by atoms with Gasteiger partial charge in [-0.05, 0) is 44.7 Å². The zero-order valence-corrected chi connectivity index (χ0v) is 11.4. The maximum absolute atomic E-state index is 13.9. The Morgan fingerprint density at radius 1 is 1.26 bits per heavy atom. The average Bonchev–Trinajstić information content (AvgIpc) is 2.43. The van der Waals surface area contributed by atoms with E-state index < -0.39 is 11.6 Å². The van der Waals surface area contributed by atoms with Crippen molar-refractivity contribution in [1.82, 2.24) is 5.32 Å². The third-order valence-electron chi connectivity index (χ3n) is 3.66. The first kappa shape index (κ1) is 14.2. The summed E-state index contributed by atoms with van der Waals surface area (Å²) >= 11 is 0. The molecule has 1 aromatic carbocycles. The molecule has 0 bridgehead atoms. The summed E-state index contributed by atoms with van der Waals surface area (Å²) < 4.78 is 27.2. The van der Waals surface area contributed by atoms with Crippen LogP contribution in [-0.4, -0.2) is 6.54 Å². The fraction of sp³-hybridized carbons (Fsp3) is 0.500. The fourth-order valence-corrected chi connectivity index (χ4v) is 2.68. The van der Waals surface area contributed by atoms with Gasteiger partial charge in [0.05, 0.1) is 0 Å². The van der Waals surface area contributed by atoms with Crippen LogP contribution in [0.1, 0.15) is 50.6 Å². The van der Waals surface area contributed by atoms with Crippen molar-refractivity contribution in [2.24, 2.45) is 0 Å². The standard InChI is InChI=1S/C16H21F2N/c1-2-19-15(11-12-7-4-3-5-8-12)13-9-6-10-14(17)16(13)18/h6-7,9-10,15,19H,2-5,8,11H2,1H3. The molecule has 0 aromatic heterocycles. The van der Waals surface area contributed by atoms with Crippen molar-refractivity contribution < 1.29 is 8.78 Å². The molecule has 19 heavy (non-hydrogen) atoms. The Balaban J connectivity index is 2.19. The van der Waals surface area contributed by atoms with E-state index in [0.29, 0.717) is 5.56 Å². The molecule has 0 amide bonds. The number of allylic oxidation sites excluding steroid dienone is 1. The summed E-state index contributed by atoms with van der Waals surface area (Å²) in [5.74, 6) is -1.48. The van der Waals surface area contributed by atoms with Crippen molar-refractivity contribution in [1.29, 1.82) is 0 Å². The second-order valence-corrected chi connectivity index (χ2v) is 5.07. The molecular formula is C16H21F2N. The molecule has 0 heterocycles. The molecule has 0 radical (unpaired) electrons. The van der Waals surface area contributed by atoms with Crippen molar-refractivity contribution in [2.45, 2.75) is 45.1 Å². The predicted octanol–water partition coefficient (Wildman–Crippen LogP) is 4.51. The van der Waals surface area contributed by atoms with Crippen LogP contribution in [0.3, 0.4) is 0 Å². The minimum absolute atomic E-state index is 0.134. The Labute approximate surface area is 113 Å². The Bertz CT molecular complexity index is 454. The number of hydrogen-bond donors (Lipinski definition) is 1. The van der Waals surface area contributed by atoms with E-state index in [1.54, 1.807) is 12.1 Å². The van der Waals surface area contributed by atoms with E-state index in [1.165, 1.54) is 24.5 Å². The molecule has 2 rings (SSSR count). The van der Waals surface area contributed by atoms with Gasteiger partial charge in [-0.2, -0.15) is 0 Å².